The summed E-state index contributed by atoms with van der Waals surface area (Å²) in [6.45, 7) is 2.19. The summed E-state index contributed by atoms with van der Waals surface area (Å²) in [5, 5.41) is 17.9. The van der Waals surface area contributed by atoms with E-state index in [1.54, 1.807) is 0 Å². The molecule has 128 valence electrons. The van der Waals surface area contributed by atoms with Gasteiger partial charge in [-0.25, -0.2) is 0 Å². The van der Waals surface area contributed by atoms with Crippen molar-refractivity contribution in [1.29, 1.82) is 0 Å². The zero-order valence-electron chi connectivity index (χ0n) is 13.7. The molecule has 2 aromatic heterocycles. The highest BCUT2D eigenvalue weighted by atomic mass is 35.5. The van der Waals surface area contributed by atoms with Crippen LogP contribution < -0.4 is 19.1 Å². The molecule has 0 radical (unpaired) electrons. The van der Waals surface area contributed by atoms with Crippen molar-refractivity contribution in [2.45, 2.75) is 6.92 Å². The molecule has 2 aromatic carbocycles. The molecule has 0 atom stereocenters. The minimum atomic E-state index is 0.214. The first-order chi connectivity index (χ1) is 12.7. The van der Waals surface area contributed by atoms with Gasteiger partial charge in [0.2, 0.25) is 6.79 Å². The first kappa shape index (κ1) is 15.1. The Morgan fingerprint density at radius 2 is 1.92 bits per heavy atom. The normalized spacial score (nSPS) is 12.7. The standard InChI is InChI=1S/C18H12ClN5O2/c1-10-6-11-7-15-16(26-9-25-15)8-13(11)17(12-4-2-3-5-14(12)19)24(10)18-20-22-23-21-18/h2-8H,9H2,1H3. The van der Waals surface area contributed by atoms with Crippen LogP contribution in [-0.4, -0.2) is 22.3 Å². The second-order valence-electron chi connectivity index (χ2n) is 5.92. The van der Waals surface area contributed by atoms with E-state index < -0.39 is 0 Å². The van der Waals surface area contributed by atoms with Gasteiger partial charge in [-0.2, -0.15) is 0 Å². The Kier molecular flexibility index (Phi) is 3.29. The maximum absolute atomic E-state index is 6.52. The first-order valence-electron chi connectivity index (χ1n) is 7.95. The van der Waals surface area contributed by atoms with E-state index in [-0.39, 0.29) is 6.79 Å². The number of tetrazole rings is 1. The summed E-state index contributed by atoms with van der Waals surface area (Å²) in [5.74, 6) is 1.81. The number of aromatic nitrogens is 5. The highest BCUT2D eigenvalue weighted by Gasteiger charge is 2.21. The highest BCUT2D eigenvalue weighted by Crippen LogP contribution is 2.40. The zero-order valence-corrected chi connectivity index (χ0v) is 14.4. The molecular formula is C18H12ClN5O2. The molecule has 8 heteroatoms. The lowest BCUT2D eigenvalue weighted by Gasteiger charge is -2.18. The van der Waals surface area contributed by atoms with Crippen LogP contribution in [0.4, 0.5) is 0 Å². The van der Waals surface area contributed by atoms with Crippen LogP contribution in [0.5, 0.6) is 11.5 Å². The summed E-state index contributed by atoms with van der Waals surface area (Å²) in [6.07, 6.45) is 0. The van der Waals surface area contributed by atoms with Gasteiger partial charge < -0.3 is 9.47 Å². The number of fused-ring (bicyclic) bond motifs is 2. The lowest BCUT2D eigenvalue weighted by molar-refractivity contribution is -0.598. The van der Waals surface area contributed by atoms with Crippen molar-refractivity contribution in [3.63, 3.8) is 0 Å². The Morgan fingerprint density at radius 1 is 1.12 bits per heavy atom. The molecule has 26 heavy (non-hydrogen) atoms. The fourth-order valence-electron chi connectivity index (χ4n) is 3.27. The topological polar surface area (TPSA) is 75.1 Å². The Bertz CT molecular complexity index is 1140. The van der Waals surface area contributed by atoms with Crippen molar-refractivity contribution >= 4 is 22.4 Å². The lowest BCUT2D eigenvalue weighted by atomic mass is 10.0. The second-order valence-corrected chi connectivity index (χ2v) is 6.33. The fraction of sp³-hybridized carbons (Fsp3) is 0.111. The number of hydrogen-bond acceptors (Lipinski definition) is 5. The number of rotatable bonds is 2. The molecule has 0 spiro atoms. The van der Waals surface area contributed by atoms with E-state index in [2.05, 4.69) is 20.6 Å². The Hall–Kier alpha value is -3.19. The third kappa shape index (κ3) is 2.21. The predicted molar refractivity (Wildman–Crippen MR) is 93.5 cm³/mol. The van der Waals surface area contributed by atoms with E-state index in [4.69, 9.17) is 21.1 Å². The molecule has 0 saturated carbocycles. The van der Waals surface area contributed by atoms with Crippen LogP contribution in [-0.2, 0) is 0 Å². The molecule has 7 nitrogen and oxygen atoms in total. The second kappa shape index (κ2) is 5.67. The van der Waals surface area contributed by atoms with Crippen LogP contribution in [0.15, 0.2) is 42.5 Å². The minimum absolute atomic E-state index is 0.214. The molecule has 0 unspecified atom stereocenters. The van der Waals surface area contributed by atoms with E-state index in [1.165, 1.54) is 0 Å². The summed E-state index contributed by atoms with van der Waals surface area (Å²) in [6, 6.07) is 13.6. The van der Waals surface area contributed by atoms with Gasteiger partial charge in [0.1, 0.15) is 0 Å². The van der Waals surface area contributed by atoms with Crippen molar-refractivity contribution < 1.29 is 14.0 Å². The molecular weight excluding hydrogens is 354 g/mol. The molecule has 3 heterocycles. The van der Waals surface area contributed by atoms with E-state index >= 15 is 0 Å². The van der Waals surface area contributed by atoms with Crippen molar-refractivity contribution in [2.75, 3.05) is 6.79 Å². The highest BCUT2D eigenvalue weighted by molar-refractivity contribution is 6.33. The molecule has 5 rings (SSSR count). The average Bonchev–Trinajstić information content (AvgIpc) is 3.31. The van der Waals surface area contributed by atoms with Gasteiger partial charge in [-0.3, -0.25) is 4.57 Å². The zero-order chi connectivity index (χ0) is 17.7. The van der Waals surface area contributed by atoms with Gasteiger partial charge in [-0.15, -0.1) is 0 Å². The first-order valence-corrected chi connectivity index (χ1v) is 8.33. The van der Waals surface area contributed by atoms with Crippen LogP contribution in [0.1, 0.15) is 5.69 Å². The summed E-state index contributed by atoms with van der Waals surface area (Å²) < 4.78 is 13.0. The summed E-state index contributed by atoms with van der Waals surface area (Å²) in [4.78, 5) is 0. The number of ether oxygens (including phenoxy) is 2. The van der Waals surface area contributed by atoms with Crippen molar-refractivity contribution in [2.24, 2.45) is 0 Å². The third-order valence-corrected chi connectivity index (χ3v) is 4.71. The van der Waals surface area contributed by atoms with E-state index in [0.29, 0.717) is 16.7 Å². The Morgan fingerprint density at radius 3 is 2.69 bits per heavy atom. The third-order valence-electron chi connectivity index (χ3n) is 4.38. The molecule has 0 bridgehead atoms. The number of pyridine rings is 1. The van der Waals surface area contributed by atoms with Crippen molar-refractivity contribution in [3.05, 3.63) is 53.2 Å². The molecule has 0 saturated heterocycles. The molecule has 1 aliphatic heterocycles. The molecule has 0 aliphatic carbocycles. The largest absolute Gasteiger partial charge is 0.454 e. The predicted octanol–water partition coefficient (Wildman–Crippen LogP) is 2.62. The van der Waals surface area contributed by atoms with Gasteiger partial charge in [0.05, 0.1) is 5.69 Å². The summed E-state index contributed by atoms with van der Waals surface area (Å²) >= 11 is 6.52. The van der Waals surface area contributed by atoms with Gasteiger partial charge in [0.15, 0.2) is 11.5 Å². The van der Waals surface area contributed by atoms with Crippen LogP contribution in [0.3, 0.4) is 0 Å². The fourth-order valence-corrected chi connectivity index (χ4v) is 3.50. The Balaban J connectivity index is 1.95. The number of nitrogens with zero attached hydrogens (tertiary/aromatic N) is 5. The van der Waals surface area contributed by atoms with Crippen molar-refractivity contribution in [1.82, 2.24) is 20.6 Å². The molecule has 0 N–H and O–H groups in total. The smallest absolute Gasteiger partial charge is 0.277 e. The van der Waals surface area contributed by atoms with E-state index in [9.17, 15) is 0 Å². The SMILES string of the molecule is Cc1cc2cc3c(cc2c(-c2ccccc2Cl)[n+]1-c1nnn[n-]1)OCO3. The minimum Gasteiger partial charge on any atom is -0.454 e. The number of halogens is 1. The van der Waals surface area contributed by atoms with Gasteiger partial charge in [0, 0.05) is 21.7 Å². The van der Waals surface area contributed by atoms with Gasteiger partial charge >= 0.3 is 0 Å². The van der Waals surface area contributed by atoms with Gasteiger partial charge in [-0.05, 0) is 47.0 Å². The maximum Gasteiger partial charge on any atom is 0.277 e. The molecule has 4 aromatic rings. The van der Waals surface area contributed by atoms with Crippen LogP contribution >= 0.6 is 11.6 Å². The molecule has 0 amide bonds. The maximum atomic E-state index is 6.52. The Labute approximate surface area is 153 Å². The molecule has 1 aliphatic rings. The quantitative estimate of drug-likeness (QED) is 0.508. The lowest BCUT2D eigenvalue weighted by Crippen LogP contribution is -2.39. The number of aryl methyl sites for hydroxylation is 1. The van der Waals surface area contributed by atoms with Crippen molar-refractivity contribution in [3.8, 4) is 28.7 Å². The van der Waals surface area contributed by atoms with Gasteiger partial charge in [0.25, 0.3) is 5.95 Å². The summed E-state index contributed by atoms with van der Waals surface area (Å²) in [5.41, 5.74) is 2.62. The van der Waals surface area contributed by atoms with Crippen LogP contribution in [0.25, 0.3) is 28.0 Å². The molecule has 0 fully saturated rings. The number of hydrogen-bond donors (Lipinski definition) is 0. The van der Waals surface area contributed by atoms with E-state index in [1.807, 2.05) is 54.0 Å². The summed E-state index contributed by atoms with van der Waals surface area (Å²) in [7, 11) is 0. The van der Waals surface area contributed by atoms with Gasteiger partial charge in [-0.1, -0.05) is 40.0 Å². The van der Waals surface area contributed by atoms with E-state index in [0.717, 1.165) is 33.5 Å². The van der Waals surface area contributed by atoms with Crippen LogP contribution in [0, 0.1) is 6.92 Å². The van der Waals surface area contributed by atoms with Crippen LogP contribution in [0.2, 0.25) is 5.02 Å². The number of benzene rings is 2. The monoisotopic (exact) mass is 365 g/mol. The average molecular weight is 366 g/mol.